The number of carbonyl (C=O) groups excluding carboxylic acids is 1. The molecule has 0 aliphatic carbocycles. The van der Waals surface area contributed by atoms with Crippen LogP contribution in [0.5, 0.6) is 0 Å². The number of anilines is 1. The van der Waals surface area contributed by atoms with Crippen LogP contribution in [0.4, 0.5) is 6.01 Å². The molecule has 152 valence electrons. The molecule has 3 heterocycles. The zero-order chi connectivity index (χ0) is 20.4. The van der Waals surface area contributed by atoms with Gasteiger partial charge in [0.05, 0.1) is 4.90 Å². The standard InChI is InChI=1S/C18H17BrN4O5S/c19-15-9-8-14(27-15)17-21-22-18(28-17)20-16(24)12-4-6-13(7-5-12)29(25,26)23-10-2-1-3-11-23/h4-9H,1-3,10-11H2,(H,20,22,24). The predicted octanol–water partition coefficient (Wildman–Crippen LogP) is 3.52. The van der Waals surface area contributed by atoms with Gasteiger partial charge in [0.2, 0.25) is 10.0 Å². The van der Waals surface area contributed by atoms with Crippen molar-refractivity contribution in [3.8, 4) is 11.7 Å². The summed E-state index contributed by atoms with van der Waals surface area (Å²) in [6.45, 7) is 1.05. The van der Waals surface area contributed by atoms with Crippen molar-refractivity contribution in [2.75, 3.05) is 18.4 Å². The minimum absolute atomic E-state index is 0.0949. The zero-order valence-electron chi connectivity index (χ0n) is 15.2. The maximum atomic E-state index is 12.7. The van der Waals surface area contributed by atoms with Gasteiger partial charge in [-0.15, -0.1) is 5.10 Å². The lowest BCUT2D eigenvalue weighted by Gasteiger charge is -2.25. The molecule has 1 amide bonds. The highest BCUT2D eigenvalue weighted by Crippen LogP contribution is 2.25. The number of rotatable bonds is 5. The quantitative estimate of drug-likeness (QED) is 0.592. The third-order valence-corrected chi connectivity index (χ3v) is 6.84. The van der Waals surface area contributed by atoms with Crippen molar-refractivity contribution >= 4 is 37.9 Å². The summed E-state index contributed by atoms with van der Waals surface area (Å²) in [5.41, 5.74) is 0.267. The molecule has 0 spiro atoms. The number of hydrogen-bond acceptors (Lipinski definition) is 7. The molecule has 2 aromatic heterocycles. The van der Waals surface area contributed by atoms with Crippen LogP contribution in [0.25, 0.3) is 11.7 Å². The molecule has 1 aliphatic heterocycles. The third-order valence-electron chi connectivity index (χ3n) is 4.50. The average molecular weight is 481 g/mol. The molecular weight excluding hydrogens is 464 g/mol. The Morgan fingerprint density at radius 2 is 1.72 bits per heavy atom. The number of amides is 1. The Kier molecular flexibility index (Phi) is 5.52. The lowest BCUT2D eigenvalue weighted by atomic mass is 10.2. The highest BCUT2D eigenvalue weighted by atomic mass is 79.9. The summed E-state index contributed by atoms with van der Waals surface area (Å²) in [4.78, 5) is 12.6. The van der Waals surface area contributed by atoms with E-state index in [0.29, 0.717) is 23.5 Å². The van der Waals surface area contributed by atoms with Gasteiger partial charge in [0, 0.05) is 18.7 Å². The number of benzene rings is 1. The molecule has 1 aromatic carbocycles. The fraction of sp³-hybridized carbons (Fsp3) is 0.278. The van der Waals surface area contributed by atoms with E-state index in [1.807, 2.05) is 0 Å². The molecule has 0 unspecified atom stereocenters. The van der Waals surface area contributed by atoms with E-state index < -0.39 is 15.9 Å². The second-order valence-corrected chi connectivity index (χ2v) is 9.18. The van der Waals surface area contributed by atoms with Crippen LogP contribution in [0, 0.1) is 0 Å². The Morgan fingerprint density at radius 3 is 2.38 bits per heavy atom. The Morgan fingerprint density at radius 1 is 1.00 bits per heavy atom. The van der Waals surface area contributed by atoms with Crippen LogP contribution < -0.4 is 5.32 Å². The maximum Gasteiger partial charge on any atom is 0.322 e. The van der Waals surface area contributed by atoms with Gasteiger partial charge in [0.25, 0.3) is 11.8 Å². The summed E-state index contributed by atoms with van der Waals surface area (Å²) in [5, 5.41) is 10.1. The molecule has 3 aromatic rings. The molecular formula is C18H17BrN4O5S. The van der Waals surface area contributed by atoms with Crippen LogP contribution in [0.2, 0.25) is 0 Å². The lowest BCUT2D eigenvalue weighted by molar-refractivity contribution is 0.102. The van der Waals surface area contributed by atoms with Crippen molar-refractivity contribution < 1.29 is 22.0 Å². The van der Waals surface area contributed by atoms with Crippen LogP contribution in [0.1, 0.15) is 29.6 Å². The van der Waals surface area contributed by atoms with Gasteiger partial charge >= 0.3 is 6.01 Å². The third kappa shape index (κ3) is 4.26. The summed E-state index contributed by atoms with van der Waals surface area (Å²) in [5.74, 6) is -0.0196. The first kappa shape index (κ1) is 19.8. The van der Waals surface area contributed by atoms with Crippen LogP contribution in [-0.4, -0.2) is 41.9 Å². The lowest BCUT2D eigenvalue weighted by Crippen LogP contribution is -2.35. The van der Waals surface area contributed by atoms with Crippen LogP contribution in [0.3, 0.4) is 0 Å². The fourth-order valence-electron chi connectivity index (χ4n) is 3.00. The van der Waals surface area contributed by atoms with Crippen LogP contribution in [0.15, 0.2) is 54.8 Å². The van der Waals surface area contributed by atoms with Crippen LogP contribution in [-0.2, 0) is 10.0 Å². The number of nitrogens with one attached hydrogen (secondary N) is 1. The van der Waals surface area contributed by atoms with Gasteiger partial charge in [-0.2, -0.15) is 4.31 Å². The number of aromatic nitrogens is 2. The van der Waals surface area contributed by atoms with Gasteiger partial charge in [-0.3, -0.25) is 10.1 Å². The number of halogens is 1. The molecule has 9 nitrogen and oxygen atoms in total. The number of sulfonamides is 1. The summed E-state index contributed by atoms with van der Waals surface area (Å²) >= 11 is 3.18. The number of furan rings is 1. The minimum Gasteiger partial charge on any atom is -0.444 e. The second-order valence-electron chi connectivity index (χ2n) is 6.46. The summed E-state index contributed by atoms with van der Waals surface area (Å²) < 4.78 is 38.0. The highest BCUT2D eigenvalue weighted by molar-refractivity contribution is 9.10. The number of hydrogen-bond donors (Lipinski definition) is 1. The van der Waals surface area contributed by atoms with Gasteiger partial charge in [-0.1, -0.05) is 11.5 Å². The van der Waals surface area contributed by atoms with Crippen molar-refractivity contribution in [1.29, 1.82) is 0 Å². The monoisotopic (exact) mass is 480 g/mol. The Bertz CT molecular complexity index is 1120. The van der Waals surface area contributed by atoms with Gasteiger partial charge in [-0.05, 0) is 65.2 Å². The van der Waals surface area contributed by atoms with E-state index >= 15 is 0 Å². The molecule has 0 saturated carbocycles. The Balaban J connectivity index is 1.45. The molecule has 1 saturated heterocycles. The van der Waals surface area contributed by atoms with E-state index in [1.54, 1.807) is 12.1 Å². The SMILES string of the molecule is O=C(Nc1nnc(-c2ccc(Br)o2)o1)c1ccc(S(=O)(=O)N2CCCCC2)cc1. The maximum absolute atomic E-state index is 12.7. The van der Waals surface area contributed by atoms with E-state index in [0.717, 1.165) is 19.3 Å². The van der Waals surface area contributed by atoms with E-state index in [1.165, 1.54) is 28.6 Å². The molecule has 0 atom stereocenters. The summed E-state index contributed by atoms with van der Waals surface area (Å²) in [7, 11) is -3.54. The normalized spacial score (nSPS) is 15.3. The zero-order valence-corrected chi connectivity index (χ0v) is 17.6. The largest absolute Gasteiger partial charge is 0.444 e. The highest BCUT2D eigenvalue weighted by Gasteiger charge is 2.26. The number of nitrogens with zero attached hydrogens (tertiary/aromatic N) is 3. The number of piperidine rings is 1. The van der Waals surface area contributed by atoms with E-state index in [2.05, 4.69) is 31.4 Å². The predicted molar refractivity (Wildman–Crippen MR) is 107 cm³/mol. The summed E-state index contributed by atoms with van der Waals surface area (Å²) in [6.07, 6.45) is 2.77. The average Bonchev–Trinajstić information content (AvgIpc) is 3.37. The molecule has 11 heteroatoms. The first-order chi connectivity index (χ1) is 13.9. The van der Waals surface area contributed by atoms with Crippen molar-refractivity contribution in [3.05, 3.63) is 46.6 Å². The molecule has 1 N–H and O–H groups in total. The van der Waals surface area contributed by atoms with Crippen molar-refractivity contribution in [1.82, 2.24) is 14.5 Å². The molecule has 0 radical (unpaired) electrons. The van der Waals surface area contributed by atoms with Crippen molar-refractivity contribution in [3.63, 3.8) is 0 Å². The van der Waals surface area contributed by atoms with Gasteiger partial charge in [0.1, 0.15) is 0 Å². The van der Waals surface area contributed by atoms with E-state index in [-0.39, 0.29) is 22.4 Å². The van der Waals surface area contributed by atoms with Gasteiger partial charge in [-0.25, -0.2) is 8.42 Å². The molecule has 29 heavy (non-hydrogen) atoms. The first-order valence-electron chi connectivity index (χ1n) is 8.94. The van der Waals surface area contributed by atoms with E-state index in [4.69, 9.17) is 8.83 Å². The first-order valence-corrected chi connectivity index (χ1v) is 11.2. The van der Waals surface area contributed by atoms with Crippen molar-refractivity contribution in [2.45, 2.75) is 24.2 Å². The fourth-order valence-corrected chi connectivity index (χ4v) is 4.83. The van der Waals surface area contributed by atoms with Crippen molar-refractivity contribution in [2.24, 2.45) is 0 Å². The number of carbonyl (C=O) groups is 1. The van der Waals surface area contributed by atoms with Gasteiger partial charge in [0.15, 0.2) is 10.4 Å². The molecule has 0 bridgehead atoms. The summed E-state index contributed by atoms with van der Waals surface area (Å²) in [6, 6.07) is 8.99. The van der Waals surface area contributed by atoms with Crippen LogP contribution >= 0.6 is 15.9 Å². The smallest absolute Gasteiger partial charge is 0.322 e. The van der Waals surface area contributed by atoms with E-state index in [9.17, 15) is 13.2 Å². The molecule has 1 aliphatic rings. The Hall–Kier alpha value is -2.50. The second kappa shape index (κ2) is 8.09. The topological polar surface area (TPSA) is 119 Å². The van der Waals surface area contributed by atoms with Gasteiger partial charge < -0.3 is 8.83 Å². The Labute approximate surface area is 175 Å². The molecule has 1 fully saturated rings. The molecule has 4 rings (SSSR count). The minimum atomic E-state index is -3.54.